The molecule has 0 spiro atoms. The molecule has 3 heteroatoms. The summed E-state index contributed by atoms with van der Waals surface area (Å²) in [7, 11) is 0. The Morgan fingerprint density at radius 2 is 0.931 bits per heavy atom. The second kappa shape index (κ2) is 10.1. The Morgan fingerprint density at radius 1 is 0.483 bits per heavy atom. The molecule has 4 aromatic rings. The molecule has 0 heterocycles. The van der Waals surface area contributed by atoms with Crippen LogP contribution in [0.3, 0.4) is 0 Å². The molecule has 0 bridgehead atoms. The first-order valence-electron chi connectivity index (χ1n) is 9.31. The molecule has 0 fully saturated rings. The normalized spacial score (nSPS) is 11.8. The molecule has 0 aliphatic rings. The van der Waals surface area contributed by atoms with Crippen LogP contribution in [0.2, 0.25) is 5.02 Å². The monoisotopic (exact) mass is 526 g/mol. The number of hydrogen-bond acceptors (Lipinski definition) is 0. The van der Waals surface area contributed by atoms with Gasteiger partial charge in [0.05, 0.1) is 0 Å². The summed E-state index contributed by atoms with van der Waals surface area (Å²) in [6.45, 7) is 0. The van der Waals surface area contributed by atoms with Gasteiger partial charge in [-0.3, -0.25) is 0 Å². The second-order valence-corrected chi connectivity index (χ2v) is 11.3. The maximum atomic E-state index is 6.70. The van der Waals surface area contributed by atoms with Crippen molar-refractivity contribution in [2.45, 2.75) is 0 Å². The molecule has 0 saturated carbocycles. The van der Waals surface area contributed by atoms with Crippen LogP contribution in [0.1, 0.15) is 11.1 Å². The van der Waals surface area contributed by atoms with Crippen LogP contribution in [0, 0.1) is 0 Å². The third-order valence-corrected chi connectivity index (χ3v) is 10.1. The zero-order valence-corrected chi connectivity index (χ0v) is 19.8. The van der Waals surface area contributed by atoms with E-state index in [4.69, 9.17) is 11.6 Å². The third kappa shape index (κ3) is 5.31. The molecule has 0 radical (unpaired) electrons. The summed E-state index contributed by atoms with van der Waals surface area (Å²) in [4.78, 5) is 0. The van der Waals surface area contributed by atoms with E-state index in [-0.39, 0.29) is 29.9 Å². The van der Waals surface area contributed by atoms with E-state index in [0.717, 1.165) is 10.6 Å². The Morgan fingerprint density at radius 3 is 1.48 bits per heavy atom. The standard InChI is InChI=1S/C26H19ClSe2/c27-24-19-11-10-18-23(24)26(29-22-16-8-3-9-17-22)25(20-12-4-1-5-13-20)28-21-14-6-2-7-15-21/h1-19H/b26-25+. The van der Waals surface area contributed by atoms with Crippen molar-refractivity contribution in [2.75, 3.05) is 0 Å². The molecule has 0 aliphatic carbocycles. The van der Waals surface area contributed by atoms with Crippen LogP contribution in [0.15, 0.2) is 115 Å². The summed E-state index contributed by atoms with van der Waals surface area (Å²) in [6, 6.07) is 40.5. The van der Waals surface area contributed by atoms with Crippen molar-refractivity contribution in [2.24, 2.45) is 0 Å². The van der Waals surface area contributed by atoms with Gasteiger partial charge in [0.2, 0.25) is 0 Å². The summed E-state index contributed by atoms with van der Waals surface area (Å²) in [5, 5.41) is 0.817. The van der Waals surface area contributed by atoms with E-state index in [1.807, 2.05) is 12.1 Å². The first-order valence-corrected chi connectivity index (χ1v) is 13.1. The Hall–Kier alpha value is -2.05. The first-order chi connectivity index (χ1) is 14.3. The fraction of sp³-hybridized carbons (Fsp3) is 0. The average Bonchev–Trinajstić information content (AvgIpc) is 2.79. The predicted octanol–water partition coefficient (Wildman–Crippen LogP) is 5.23. The molecule has 0 saturated heterocycles. The average molecular weight is 525 g/mol. The molecule has 0 atom stereocenters. The van der Waals surface area contributed by atoms with Gasteiger partial charge in [-0.1, -0.05) is 0 Å². The van der Waals surface area contributed by atoms with Gasteiger partial charge in [-0.25, -0.2) is 0 Å². The van der Waals surface area contributed by atoms with Gasteiger partial charge in [-0.15, -0.1) is 0 Å². The minimum atomic E-state index is 0.147. The van der Waals surface area contributed by atoms with Gasteiger partial charge < -0.3 is 0 Å². The zero-order valence-electron chi connectivity index (χ0n) is 15.7. The molecule has 4 aromatic carbocycles. The molecule has 0 unspecified atom stereocenters. The van der Waals surface area contributed by atoms with Crippen LogP contribution in [0.4, 0.5) is 0 Å². The van der Waals surface area contributed by atoms with E-state index in [0.29, 0.717) is 0 Å². The van der Waals surface area contributed by atoms with E-state index < -0.39 is 0 Å². The van der Waals surface area contributed by atoms with Crippen LogP contribution in [-0.4, -0.2) is 29.9 Å². The Balaban J connectivity index is 1.92. The van der Waals surface area contributed by atoms with Gasteiger partial charge in [0.1, 0.15) is 0 Å². The van der Waals surface area contributed by atoms with Crippen LogP contribution in [0.5, 0.6) is 0 Å². The van der Waals surface area contributed by atoms with Crippen molar-refractivity contribution in [3.8, 4) is 0 Å². The molecular formula is C26H19ClSe2. The van der Waals surface area contributed by atoms with Crippen LogP contribution in [0.25, 0.3) is 8.94 Å². The fourth-order valence-electron chi connectivity index (χ4n) is 2.91. The molecular weight excluding hydrogens is 506 g/mol. The van der Waals surface area contributed by atoms with Crippen molar-refractivity contribution in [1.82, 2.24) is 0 Å². The van der Waals surface area contributed by atoms with Gasteiger partial charge in [-0.2, -0.15) is 0 Å². The number of halogens is 1. The summed E-state index contributed by atoms with van der Waals surface area (Å²) in [5.41, 5.74) is 2.43. The minimum absolute atomic E-state index is 0.147. The molecule has 0 aliphatic heterocycles. The van der Waals surface area contributed by atoms with Crippen LogP contribution < -0.4 is 8.92 Å². The van der Waals surface area contributed by atoms with Crippen molar-refractivity contribution in [1.29, 1.82) is 0 Å². The summed E-state index contributed by atoms with van der Waals surface area (Å²) >= 11 is 7.02. The molecule has 0 aromatic heterocycles. The summed E-state index contributed by atoms with van der Waals surface area (Å²) < 4.78 is 5.49. The number of rotatable bonds is 6. The van der Waals surface area contributed by atoms with E-state index in [1.165, 1.54) is 23.4 Å². The summed E-state index contributed by atoms with van der Waals surface area (Å²) in [5.74, 6) is 0. The quantitative estimate of drug-likeness (QED) is 0.240. The number of benzene rings is 4. The van der Waals surface area contributed by atoms with E-state index in [2.05, 4.69) is 103 Å². The van der Waals surface area contributed by atoms with Crippen molar-refractivity contribution in [3.63, 3.8) is 0 Å². The van der Waals surface area contributed by atoms with E-state index in [1.54, 1.807) is 0 Å². The second-order valence-electron chi connectivity index (χ2n) is 6.33. The topological polar surface area (TPSA) is 0 Å². The van der Waals surface area contributed by atoms with Crippen molar-refractivity contribution < 1.29 is 0 Å². The SMILES string of the molecule is Clc1ccccc1/C([Se]c1ccccc1)=C(\[Se]c1ccccc1)c1ccccc1. The fourth-order valence-corrected chi connectivity index (χ4v) is 8.40. The van der Waals surface area contributed by atoms with Gasteiger partial charge in [-0.05, 0) is 0 Å². The predicted molar refractivity (Wildman–Crippen MR) is 128 cm³/mol. The van der Waals surface area contributed by atoms with Gasteiger partial charge >= 0.3 is 191 Å². The Bertz CT molecular complexity index is 1090. The maximum absolute atomic E-state index is 6.70. The zero-order chi connectivity index (χ0) is 19.9. The molecule has 0 amide bonds. The molecule has 0 N–H and O–H groups in total. The summed E-state index contributed by atoms with van der Waals surface area (Å²) in [6.07, 6.45) is 0. The molecule has 4 rings (SSSR count). The van der Waals surface area contributed by atoms with Gasteiger partial charge in [0.25, 0.3) is 0 Å². The Kier molecular flexibility index (Phi) is 7.06. The van der Waals surface area contributed by atoms with Crippen molar-refractivity contribution >= 4 is 59.4 Å². The van der Waals surface area contributed by atoms with Gasteiger partial charge in [0.15, 0.2) is 0 Å². The molecule has 0 nitrogen and oxygen atoms in total. The molecule has 142 valence electrons. The first kappa shape index (κ1) is 20.2. The van der Waals surface area contributed by atoms with E-state index in [9.17, 15) is 0 Å². The van der Waals surface area contributed by atoms with Crippen molar-refractivity contribution in [3.05, 3.63) is 131 Å². The van der Waals surface area contributed by atoms with Gasteiger partial charge in [0, 0.05) is 0 Å². The Labute approximate surface area is 190 Å². The molecule has 29 heavy (non-hydrogen) atoms. The van der Waals surface area contributed by atoms with E-state index >= 15 is 0 Å². The van der Waals surface area contributed by atoms with Crippen LogP contribution >= 0.6 is 11.6 Å². The van der Waals surface area contributed by atoms with Crippen LogP contribution in [-0.2, 0) is 0 Å². The third-order valence-electron chi connectivity index (χ3n) is 4.29. The number of hydrogen-bond donors (Lipinski definition) is 0.